The molecule has 1 saturated carbocycles. The highest BCUT2D eigenvalue weighted by atomic mass is 35.5. The van der Waals surface area contributed by atoms with Crippen molar-refractivity contribution in [3.8, 4) is 0 Å². The Balaban J connectivity index is 1.66. The summed E-state index contributed by atoms with van der Waals surface area (Å²) in [5.41, 5.74) is 2.40. The van der Waals surface area contributed by atoms with Crippen molar-refractivity contribution in [1.82, 2.24) is 19.7 Å². The molecule has 0 amide bonds. The molecule has 1 saturated heterocycles. The molecule has 144 valence electrons. The Kier molecular flexibility index (Phi) is 5.01. The quantitative estimate of drug-likeness (QED) is 0.781. The first-order valence-corrected chi connectivity index (χ1v) is 9.51. The molecule has 2 fully saturated rings. The fourth-order valence-electron chi connectivity index (χ4n) is 3.24. The highest BCUT2D eigenvalue weighted by Gasteiger charge is 2.31. The third-order valence-electron chi connectivity index (χ3n) is 4.96. The summed E-state index contributed by atoms with van der Waals surface area (Å²) in [6.45, 7) is 3.40. The number of carbonyl (C=O) groups is 1. The van der Waals surface area contributed by atoms with Crippen LogP contribution in [0.1, 0.15) is 59.5 Å². The number of rotatable bonds is 5. The van der Waals surface area contributed by atoms with Crippen LogP contribution in [0.4, 0.5) is 11.5 Å². The topological polar surface area (TPSA) is 91.2 Å². The van der Waals surface area contributed by atoms with Crippen molar-refractivity contribution >= 4 is 29.1 Å². The van der Waals surface area contributed by atoms with E-state index in [-0.39, 0.29) is 10.8 Å². The number of ether oxygens (including phenoxy) is 2. The van der Waals surface area contributed by atoms with E-state index in [0.29, 0.717) is 17.8 Å². The molecule has 3 heterocycles. The van der Waals surface area contributed by atoms with Crippen LogP contribution in [0.2, 0.25) is 5.15 Å². The average Bonchev–Trinajstić information content (AvgIpc) is 3.46. The summed E-state index contributed by atoms with van der Waals surface area (Å²) in [5, 5.41) is 8.10. The second-order valence-electron chi connectivity index (χ2n) is 6.94. The first-order valence-electron chi connectivity index (χ1n) is 9.13. The van der Waals surface area contributed by atoms with E-state index in [1.807, 2.05) is 17.8 Å². The lowest BCUT2D eigenvalue weighted by atomic mass is 10.1. The Hall–Kier alpha value is -2.19. The van der Waals surface area contributed by atoms with Crippen LogP contribution in [0.25, 0.3) is 0 Å². The van der Waals surface area contributed by atoms with Crippen LogP contribution in [-0.2, 0) is 9.47 Å². The van der Waals surface area contributed by atoms with Crippen molar-refractivity contribution in [2.75, 3.05) is 25.6 Å². The first kappa shape index (κ1) is 18.2. The molecule has 27 heavy (non-hydrogen) atoms. The van der Waals surface area contributed by atoms with Crippen LogP contribution < -0.4 is 5.32 Å². The number of aromatic nitrogens is 4. The normalized spacial score (nSPS) is 17.7. The van der Waals surface area contributed by atoms with E-state index in [9.17, 15) is 4.79 Å². The second-order valence-corrected chi connectivity index (χ2v) is 7.30. The maximum absolute atomic E-state index is 12.2. The van der Waals surface area contributed by atoms with Crippen molar-refractivity contribution in [2.45, 2.75) is 44.6 Å². The zero-order chi connectivity index (χ0) is 19.0. The Morgan fingerprint density at radius 1 is 1.30 bits per heavy atom. The summed E-state index contributed by atoms with van der Waals surface area (Å²) in [6, 6.07) is 0.311. The minimum atomic E-state index is -0.580. The zero-order valence-electron chi connectivity index (χ0n) is 15.4. The SMILES string of the molecule is COC(=O)c1nc(Cl)c(C2CC2)nc1Nc1cn(C2CCOCC2)nc1C. The van der Waals surface area contributed by atoms with Gasteiger partial charge in [-0.1, -0.05) is 11.6 Å². The van der Waals surface area contributed by atoms with E-state index in [0.717, 1.165) is 56.0 Å². The fourth-order valence-corrected chi connectivity index (χ4v) is 3.52. The molecule has 0 spiro atoms. The zero-order valence-corrected chi connectivity index (χ0v) is 16.1. The molecule has 0 unspecified atom stereocenters. The average molecular weight is 392 g/mol. The maximum atomic E-state index is 12.2. The van der Waals surface area contributed by atoms with Gasteiger partial charge in [-0.25, -0.2) is 14.8 Å². The van der Waals surface area contributed by atoms with E-state index in [4.69, 9.17) is 21.1 Å². The summed E-state index contributed by atoms with van der Waals surface area (Å²) in [5.74, 6) is 0.0785. The molecule has 0 aromatic carbocycles. The van der Waals surface area contributed by atoms with Gasteiger partial charge in [-0.15, -0.1) is 0 Å². The molecule has 2 aliphatic rings. The smallest absolute Gasteiger partial charge is 0.360 e. The molecule has 0 bridgehead atoms. The van der Waals surface area contributed by atoms with Crippen LogP contribution in [-0.4, -0.2) is 46.0 Å². The number of methoxy groups -OCH3 is 1. The Bertz CT molecular complexity index is 859. The monoisotopic (exact) mass is 391 g/mol. The fraction of sp³-hybridized carbons (Fsp3) is 0.556. The first-order chi connectivity index (χ1) is 13.1. The summed E-state index contributed by atoms with van der Waals surface area (Å²) < 4.78 is 12.2. The number of nitrogens with zero attached hydrogens (tertiary/aromatic N) is 4. The molecule has 2 aromatic rings. The van der Waals surface area contributed by atoms with Gasteiger partial charge in [0.2, 0.25) is 0 Å². The molecule has 4 rings (SSSR count). The largest absolute Gasteiger partial charge is 0.464 e. The van der Waals surface area contributed by atoms with Crippen molar-refractivity contribution in [3.05, 3.63) is 28.4 Å². The molecule has 0 radical (unpaired) electrons. The molecule has 8 nitrogen and oxygen atoms in total. The van der Waals surface area contributed by atoms with E-state index < -0.39 is 5.97 Å². The standard InChI is InChI=1S/C18H22ClN5O3/c1-10-13(9-24(23-10)12-5-7-27-8-6-12)20-17-15(18(25)26-2)21-16(19)14(22-17)11-3-4-11/h9,11-12H,3-8H2,1-2H3,(H,20,22). The lowest BCUT2D eigenvalue weighted by molar-refractivity contribution is 0.0594. The van der Waals surface area contributed by atoms with Gasteiger partial charge in [-0.2, -0.15) is 5.10 Å². The number of aryl methyl sites for hydroxylation is 1. The van der Waals surface area contributed by atoms with E-state index in [2.05, 4.69) is 20.4 Å². The van der Waals surface area contributed by atoms with Gasteiger partial charge in [0.15, 0.2) is 16.7 Å². The highest BCUT2D eigenvalue weighted by Crippen LogP contribution is 2.42. The van der Waals surface area contributed by atoms with Crippen LogP contribution in [0.3, 0.4) is 0 Å². The van der Waals surface area contributed by atoms with Crippen LogP contribution >= 0.6 is 11.6 Å². The lowest BCUT2D eigenvalue weighted by Gasteiger charge is -2.22. The Labute approximate surface area is 162 Å². The molecular formula is C18H22ClN5O3. The van der Waals surface area contributed by atoms with Crippen molar-refractivity contribution < 1.29 is 14.3 Å². The molecule has 1 aliphatic carbocycles. The van der Waals surface area contributed by atoms with E-state index in [1.165, 1.54) is 7.11 Å². The number of hydrogen-bond acceptors (Lipinski definition) is 7. The minimum Gasteiger partial charge on any atom is -0.464 e. The summed E-state index contributed by atoms with van der Waals surface area (Å²) >= 11 is 6.24. The maximum Gasteiger partial charge on any atom is 0.360 e. The summed E-state index contributed by atoms with van der Waals surface area (Å²) in [7, 11) is 1.31. The lowest BCUT2D eigenvalue weighted by Crippen LogP contribution is -2.19. The number of hydrogen-bond donors (Lipinski definition) is 1. The Morgan fingerprint density at radius 2 is 2.04 bits per heavy atom. The molecule has 1 aliphatic heterocycles. The Morgan fingerprint density at radius 3 is 2.70 bits per heavy atom. The third-order valence-corrected chi connectivity index (χ3v) is 5.23. The highest BCUT2D eigenvalue weighted by molar-refractivity contribution is 6.30. The third kappa shape index (κ3) is 3.77. The summed E-state index contributed by atoms with van der Waals surface area (Å²) in [6.07, 6.45) is 5.87. The van der Waals surface area contributed by atoms with E-state index in [1.54, 1.807) is 0 Å². The number of carbonyl (C=O) groups excluding carboxylic acids is 1. The van der Waals surface area contributed by atoms with Gasteiger partial charge >= 0.3 is 5.97 Å². The molecule has 9 heteroatoms. The molecule has 0 atom stereocenters. The number of esters is 1. The van der Waals surface area contributed by atoms with Crippen molar-refractivity contribution in [3.63, 3.8) is 0 Å². The van der Waals surface area contributed by atoms with Gasteiger partial charge in [-0.3, -0.25) is 4.68 Å². The number of halogens is 1. The van der Waals surface area contributed by atoms with Gasteiger partial charge in [-0.05, 0) is 32.6 Å². The van der Waals surface area contributed by atoms with Crippen LogP contribution in [0.5, 0.6) is 0 Å². The van der Waals surface area contributed by atoms with Gasteiger partial charge in [0.25, 0.3) is 0 Å². The van der Waals surface area contributed by atoms with Gasteiger partial charge in [0.1, 0.15) is 0 Å². The van der Waals surface area contributed by atoms with Crippen molar-refractivity contribution in [2.24, 2.45) is 0 Å². The predicted molar refractivity (Wildman–Crippen MR) is 99.7 cm³/mol. The number of nitrogens with one attached hydrogen (secondary N) is 1. The predicted octanol–water partition coefficient (Wildman–Crippen LogP) is 3.39. The van der Waals surface area contributed by atoms with Gasteiger partial charge in [0, 0.05) is 25.3 Å². The van der Waals surface area contributed by atoms with Crippen LogP contribution in [0, 0.1) is 6.92 Å². The second kappa shape index (κ2) is 7.44. The molecular weight excluding hydrogens is 370 g/mol. The molecule has 1 N–H and O–H groups in total. The van der Waals surface area contributed by atoms with Crippen molar-refractivity contribution in [1.29, 1.82) is 0 Å². The molecule has 2 aromatic heterocycles. The van der Waals surface area contributed by atoms with Gasteiger partial charge in [0.05, 0.1) is 30.2 Å². The minimum absolute atomic E-state index is 0.0742. The summed E-state index contributed by atoms with van der Waals surface area (Å²) in [4.78, 5) is 21.0. The van der Waals surface area contributed by atoms with Gasteiger partial charge < -0.3 is 14.8 Å². The van der Waals surface area contributed by atoms with E-state index >= 15 is 0 Å². The van der Waals surface area contributed by atoms with Crippen LogP contribution in [0.15, 0.2) is 6.20 Å². The number of anilines is 2.